The van der Waals surface area contributed by atoms with Crippen LogP contribution in [0.4, 0.5) is 24.5 Å². The van der Waals surface area contributed by atoms with Crippen LogP contribution in [0.25, 0.3) is 0 Å². The molecule has 0 spiro atoms. The smallest absolute Gasteiger partial charge is 0.452 e. The average Bonchev–Trinajstić information content (AvgIpc) is 3.92. The lowest BCUT2D eigenvalue weighted by atomic mass is 10.1. The zero-order chi connectivity index (χ0) is 36.5. The van der Waals surface area contributed by atoms with Crippen LogP contribution in [0.15, 0.2) is 73.6 Å². The van der Waals surface area contributed by atoms with E-state index in [1.54, 1.807) is 24.3 Å². The number of aromatic nitrogens is 2. The summed E-state index contributed by atoms with van der Waals surface area (Å²) in [5.74, 6) is -2.36. The quantitative estimate of drug-likeness (QED) is 0.163. The zero-order valence-electron chi connectivity index (χ0n) is 27.8. The molecule has 2 atom stereocenters. The number of amides is 2. The number of nitrogens with two attached hydrogens (primary N) is 2. The van der Waals surface area contributed by atoms with E-state index in [-0.39, 0.29) is 41.6 Å². The maximum absolute atomic E-state index is 12.9. The molecule has 2 aliphatic rings. The van der Waals surface area contributed by atoms with Crippen LogP contribution < -0.4 is 22.1 Å². The molecule has 0 bridgehead atoms. The summed E-state index contributed by atoms with van der Waals surface area (Å²) < 4.78 is 58.6. The zero-order valence-corrected chi connectivity index (χ0v) is 27.8. The van der Waals surface area contributed by atoms with Gasteiger partial charge in [0.15, 0.2) is 23.2 Å². The van der Waals surface area contributed by atoms with Gasteiger partial charge in [-0.25, -0.2) is 20.0 Å². The van der Waals surface area contributed by atoms with E-state index in [1.807, 2.05) is 31.2 Å². The first-order chi connectivity index (χ1) is 24.4. The van der Waals surface area contributed by atoms with Crippen LogP contribution in [-0.2, 0) is 34.9 Å². The Kier molecular flexibility index (Phi) is 11.6. The number of hydrogen-bond acceptors (Lipinski definition) is 12. The van der Waals surface area contributed by atoms with E-state index in [4.69, 9.17) is 25.4 Å². The first-order valence-corrected chi connectivity index (χ1v) is 16.1. The molecule has 0 saturated carbocycles. The van der Waals surface area contributed by atoms with Gasteiger partial charge in [0.25, 0.3) is 23.9 Å². The molecule has 4 heterocycles. The van der Waals surface area contributed by atoms with E-state index < -0.39 is 23.5 Å². The molecule has 0 unspecified atom stereocenters. The number of nitrogens with one attached hydrogen (secondary N) is 2. The van der Waals surface area contributed by atoms with Gasteiger partial charge in [0, 0.05) is 24.7 Å². The number of halogens is 3. The second-order valence-corrected chi connectivity index (χ2v) is 11.6. The molecule has 2 aromatic carbocycles. The van der Waals surface area contributed by atoms with E-state index in [9.17, 15) is 22.8 Å². The van der Waals surface area contributed by atoms with Crippen molar-refractivity contribution < 1.29 is 41.1 Å². The SMILES string of the molecule is CCc1nc(C(=O)Nc2ccc(CC[C@H]3COC(N)=N3)cc2)co1.Cc1nc(C(=O)Nc2ccc(CC[C@H]3COC(N)=N3)cc2)c(C(F)(F)F)o1. The van der Waals surface area contributed by atoms with Gasteiger partial charge >= 0.3 is 6.18 Å². The Morgan fingerprint density at radius 3 is 1.76 bits per heavy atom. The van der Waals surface area contributed by atoms with Crippen molar-refractivity contribution in [3.63, 3.8) is 0 Å². The minimum absolute atomic E-state index is 0.0144. The normalized spacial score (nSPS) is 16.6. The topological polar surface area (TPSA) is 205 Å². The predicted molar refractivity (Wildman–Crippen MR) is 180 cm³/mol. The third-order valence-corrected chi connectivity index (χ3v) is 7.72. The molecular weight excluding hydrogens is 673 g/mol. The number of rotatable bonds is 11. The van der Waals surface area contributed by atoms with Crippen LogP contribution in [0.3, 0.4) is 0 Å². The number of oxazole rings is 2. The molecule has 4 aromatic rings. The average molecular weight is 711 g/mol. The molecule has 2 aromatic heterocycles. The van der Waals surface area contributed by atoms with E-state index in [1.165, 1.54) is 18.8 Å². The number of aliphatic imine (C=N–C) groups is 2. The van der Waals surface area contributed by atoms with Crippen LogP contribution in [0, 0.1) is 6.92 Å². The number of amidine groups is 2. The van der Waals surface area contributed by atoms with Gasteiger partial charge < -0.3 is 40.4 Å². The summed E-state index contributed by atoms with van der Waals surface area (Å²) in [7, 11) is 0. The molecule has 51 heavy (non-hydrogen) atoms. The Morgan fingerprint density at radius 2 is 1.33 bits per heavy atom. The molecular formula is C34H37F3N8O6. The fourth-order valence-electron chi connectivity index (χ4n) is 5.08. The Balaban J connectivity index is 0.000000199. The molecule has 14 nitrogen and oxygen atoms in total. The first-order valence-electron chi connectivity index (χ1n) is 16.1. The summed E-state index contributed by atoms with van der Waals surface area (Å²) in [6, 6.07) is 15.1. The second-order valence-electron chi connectivity index (χ2n) is 11.6. The molecule has 0 radical (unpaired) electrons. The van der Waals surface area contributed by atoms with E-state index in [0.717, 1.165) is 36.9 Å². The van der Waals surface area contributed by atoms with E-state index >= 15 is 0 Å². The molecule has 0 saturated heterocycles. The highest BCUT2D eigenvalue weighted by atomic mass is 19.4. The van der Waals surface area contributed by atoms with Gasteiger partial charge in [-0.1, -0.05) is 31.2 Å². The number of carbonyl (C=O) groups excluding carboxylic acids is 2. The largest absolute Gasteiger partial charge is 0.463 e. The lowest BCUT2D eigenvalue weighted by Crippen LogP contribution is -2.18. The highest BCUT2D eigenvalue weighted by Gasteiger charge is 2.41. The molecule has 0 fully saturated rings. The lowest BCUT2D eigenvalue weighted by molar-refractivity contribution is -0.153. The Bertz CT molecular complexity index is 1870. The number of alkyl halides is 3. The molecule has 6 rings (SSSR count). The van der Waals surface area contributed by atoms with Crippen LogP contribution in [-0.4, -0.2) is 59.1 Å². The molecule has 2 amide bonds. The van der Waals surface area contributed by atoms with Gasteiger partial charge in [0.05, 0.1) is 12.1 Å². The third kappa shape index (κ3) is 10.3. The van der Waals surface area contributed by atoms with Gasteiger partial charge in [0.2, 0.25) is 5.76 Å². The Morgan fingerprint density at radius 1 is 0.824 bits per heavy atom. The summed E-state index contributed by atoms with van der Waals surface area (Å²) >= 11 is 0. The molecule has 0 aliphatic carbocycles. The number of aryl methyl sites for hydroxylation is 4. The molecule has 6 N–H and O–H groups in total. The summed E-state index contributed by atoms with van der Waals surface area (Å²) in [5, 5.41) is 5.20. The number of anilines is 2. The van der Waals surface area contributed by atoms with E-state index in [0.29, 0.717) is 31.2 Å². The highest BCUT2D eigenvalue weighted by Crippen LogP contribution is 2.33. The molecule has 270 valence electrons. The minimum atomic E-state index is -4.80. The van der Waals surface area contributed by atoms with Crippen LogP contribution in [0.1, 0.15) is 69.4 Å². The van der Waals surface area contributed by atoms with Crippen molar-refractivity contribution in [3.05, 3.63) is 94.9 Å². The van der Waals surface area contributed by atoms with Crippen molar-refractivity contribution >= 4 is 35.2 Å². The number of hydrogen-bond donors (Lipinski definition) is 4. The van der Waals surface area contributed by atoms with Crippen molar-refractivity contribution in [2.24, 2.45) is 21.5 Å². The van der Waals surface area contributed by atoms with Crippen LogP contribution in [0.2, 0.25) is 0 Å². The van der Waals surface area contributed by atoms with Crippen LogP contribution in [0.5, 0.6) is 0 Å². The summed E-state index contributed by atoms with van der Waals surface area (Å²) in [6.45, 7) is 4.17. The summed E-state index contributed by atoms with van der Waals surface area (Å²) in [6.07, 6.45) is 0.461. The molecule has 17 heteroatoms. The second kappa shape index (κ2) is 16.2. The van der Waals surface area contributed by atoms with Crippen molar-refractivity contribution in [1.29, 1.82) is 0 Å². The van der Waals surface area contributed by atoms with Gasteiger partial charge in [-0.15, -0.1) is 0 Å². The predicted octanol–water partition coefficient (Wildman–Crippen LogP) is 5.04. The lowest BCUT2D eigenvalue weighted by Gasteiger charge is -2.08. The summed E-state index contributed by atoms with van der Waals surface area (Å²) in [5.41, 5.74) is 13.7. The van der Waals surface area contributed by atoms with Crippen molar-refractivity contribution in [2.75, 3.05) is 23.8 Å². The molecule has 2 aliphatic heterocycles. The highest BCUT2D eigenvalue weighted by molar-refractivity contribution is 6.04. The number of carbonyl (C=O) groups is 2. The van der Waals surface area contributed by atoms with Gasteiger partial charge in [-0.3, -0.25) is 9.59 Å². The Labute approximate surface area is 290 Å². The van der Waals surface area contributed by atoms with Gasteiger partial charge in [-0.2, -0.15) is 13.2 Å². The minimum Gasteiger partial charge on any atom is -0.463 e. The summed E-state index contributed by atoms with van der Waals surface area (Å²) in [4.78, 5) is 40.2. The number of ether oxygens (including phenoxy) is 2. The van der Waals surface area contributed by atoms with Crippen molar-refractivity contribution in [3.8, 4) is 0 Å². The van der Waals surface area contributed by atoms with E-state index in [2.05, 4.69) is 35.0 Å². The fourth-order valence-corrected chi connectivity index (χ4v) is 5.08. The monoisotopic (exact) mass is 710 g/mol. The van der Waals surface area contributed by atoms with Crippen molar-refractivity contribution in [2.45, 2.75) is 64.2 Å². The standard InChI is InChI=1S/C17H17F3N4O3.C17H20N4O3/c1-9-22-13(14(27-9)17(18,19)20)15(25)23-11-5-2-10(3-6-11)4-7-12-8-26-16(21)24-12;1-2-15-21-14(10-23-15)16(22)19-12-6-3-11(4-7-12)5-8-13-9-24-17(18)20-13/h2-3,5-6,12H,4,7-8H2,1H3,(H2,21,24)(H,23,25);3-4,6-7,10,13H,2,5,8-9H2,1H3,(H2,18,20)(H,19,22)/t12-;13-/m00/s1. The number of nitrogens with zero attached hydrogens (tertiary/aromatic N) is 4. The maximum Gasteiger partial charge on any atom is 0.452 e. The first kappa shape index (κ1) is 36.4. The third-order valence-electron chi connectivity index (χ3n) is 7.72. The van der Waals surface area contributed by atoms with Gasteiger partial charge in [0.1, 0.15) is 19.5 Å². The van der Waals surface area contributed by atoms with Crippen LogP contribution >= 0.6 is 0 Å². The van der Waals surface area contributed by atoms with Gasteiger partial charge in [-0.05, 0) is 61.1 Å². The maximum atomic E-state index is 12.9. The number of benzene rings is 2. The van der Waals surface area contributed by atoms with Crippen molar-refractivity contribution in [1.82, 2.24) is 9.97 Å². The fraction of sp³-hybridized carbons (Fsp3) is 0.353. The Hall–Kier alpha value is -5.87.